The van der Waals surface area contributed by atoms with E-state index in [1.165, 1.54) is 0 Å². The molecule has 1 aliphatic carbocycles. The van der Waals surface area contributed by atoms with Crippen LogP contribution in [0, 0.1) is 5.41 Å². The predicted octanol–water partition coefficient (Wildman–Crippen LogP) is 3.11. The third kappa shape index (κ3) is 3.76. The van der Waals surface area contributed by atoms with E-state index in [1.807, 2.05) is 44.2 Å². The summed E-state index contributed by atoms with van der Waals surface area (Å²) in [5, 5.41) is 2.85. The number of hydrogen-bond acceptors (Lipinski definition) is 3. The zero-order valence-corrected chi connectivity index (χ0v) is 14.7. The molecule has 0 spiro atoms. The molecule has 0 radical (unpaired) electrons. The Balaban J connectivity index is 1.69. The number of hydrogen-bond donors (Lipinski definition) is 1. The molecule has 2 aromatic rings. The van der Waals surface area contributed by atoms with Gasteiger partial charge in [-0.3, -0.25) is 9.59 Å². The van der Waals surface area contributed by atoms with Crippen LogP contribution in [-0.2, 0) is 22.7 Å². The molecule has 0 saturated heterocycles. The third-order valence-electron chi connectivity index (χ3n) is 4.68. The van der Waals surface area contributed by atoms with Crippen molar-refractivity contribution in [3.8, 4) is 0 Å². The van der Waals surface area contributed by atoms with Crippen molar-refractivity contribution in [3.05, 3.63) is 60.1 Å². The minimum atomic E-state index is -0.911. The number of benzene rings is 1. The SMILES string of the molecule is CC(C)N(Cc1ccccc1)C(=O)C1(C(=O)NCc2ccco2)CC1. The quantitative estimate of drug-likeness (QED) is 0.788. The van der Waals surface area contributed by atoms with Gasteiger partial charge in [0.2, 0.25) is 11.8 Å². The Morgan fingerprint density at radius 2 is 1.88 bits per heavy atom. The topological polar surface area (TPSA) is 62.6 Å². The van der Waals surface area contributed by atoms with Gasteiger partial charge in [-0.05, 0) is 44.4 Å². The minimum absolute atomic E-state index is 0.0306. The van der Waals surface area contributed by atoms with Gasteiger partial charge in [0.15, 0.2) is 0 Å². The second-order valence-electron chi connectivity index (χ2n) is 6.86. The van der Waals surface area contributed by atoms with Crippen LogP contribution in [0.2, 0.25) is 0 Å². The Kier molecular flexibility index (Phi) is 4.93. The van der Waals surface area contributed by atoms with Crippen LogP contribution in [0.25, 0.3) is 0 Å². The number of rotatable bonds is 7. The molecule has 1 aromatic heterocycles. The Morgan fingerprint density at radius 3 is 2.44 bits per heavy atom. The van der Waals surface area contributed by atoms with Gasteiger partial charge in [-0.2, -0.15) is 0 Å². The van der Waals surface area contributed by atoms with E-state index >= 15 is 0 Å². The molecule has 5 heteroatoms. The summed E-state index contributed by atoms with van der Waals surface area (Å²) in [5.41, 5.74) is 0.155. The number of amides is 2. The van der Waals surface area contributed by atoms with Crippen LogP contribution in [0.4, 0.5) is 0 Å². The molecule has 132 valence electrons. The maximum Gasteiger partial charge on any atom is 0.238 e. The largest absolute Gasteiger partial charge is 0.467 e. The fourth-order valence-electron chi connectivity index (χ4n) is 2.96. The molecule has 1 N–H and O–H groups in total. The van der Waals surface area contributed by atoms with Gasteiger partial charge in [-0.25, -0.2) is 0 Å². The van der Waals surface area contributed by atoms with Crippen LogP contribution in [0.15, 0.2) is 53.1 Å². The van der Waals surface area contributed by atoms with E-state index in [2.05, 4.69) is 5.32 Å². The lowest BCUT2D eigenvalue weighted by atomic mass is 10.0. The molecule has 0 unspecified atom stereocenters. The standard InChI is InChI=1S/C20H24N2O3/c1-15(2)22(14-16-7-4-3-5-8-16)19(24)20(10-11-20)18(23)21-13-17-9-6-12-25-17/h3-9,12,15H,10-11,13-14H2,1-2H3,(H,21,23). The molecule has 1 heterocycles. The molecule has 0 aliphatic heterocycles. The molecule has 25 heavy (non-hydrogen) atoms. The summed E-state index contributed by atoms with van der Waals surface area (Å²) in [6, 6.07) is 13.5. The minimum Gasteiger partial charge on any atom is -0.467 e. The average molecular weight is 340 g/mol. The van der Waals surface area contributed by atoms with Gasteiger partial charge in [-0.15, -0.1) is 0 Å². The summed E-state index contributed by atoms with van der Waals surface area (Å²) in [6.07, 6.45) is 2.78. The van der Waals surface area contributed by atoms with Crippen LogP contribution in [0.1, 0.15) is 38.0 Å². The van der Waals surface area contributed by atoms with Crippen LogP contribution < -0.4 is 5.32 Å². The first-order chi connectivity index (χ1) is 12.0. The van der Waals surface area contributed by atoms with Crippen molar-refractivity contribution in [2.24, 2.45) is 5.41 Å². The second-order valence-corrected chi connectivity index (χ2v) is 6.86. The smallest absolute Gasteiger partial charge is 0.238 e. The average Bonchev–Trinajstić information content (AvgIpc) is 3.27. The molecule has 5 nitrogen and oxygen atoms in total. The summed E-state index contributed by atoms with van der Waals surface area (Å²) < 4.78 is 5.23. The highest BCUT2D eigenvalue weighted by Crippen LogP contribution is 2.48. The first-order valence-electron chi connectivity index (χ1n) is 8.68. The summed E-state index contributed by atoms with van der Waals surface area (Å²) >= 11 is 0. The van der Waals surface area contributed by atoms with Crippen molar-refractivity contribution in [3.63, 3.8) is 0 Å². The van der Waals surface area contributed by atoms with Gasteiger partial charge in [0.05, 0.1) is 12.8 Å². The first-order valence-corrected chi connectivity index (χ1v) is 8.68. The number of nitrogens with one attached hydrogen (secondary N) is 1. The normalized spacial score (nSPS) is 15.0. The number of furan rings is 1. The lowest BCUT2D eigenvalue weighted by molar-refractivity contribution is -0.146. The van der Waals surface area contributed by atoms with Crippen molar-refractivity contribution >= 4 is 11.8 Å². The van der Waals surface area contributed by atoms with Gasteiger partial charge in [0.1, 0.15) is 11.2 Å². The van der Waals surface area contributed by atoms with Crippen LogP contribution >= 0.6 is 0 Å². The summed E-state index contributed by atoms with van der Waals surface area (Å²) in [4.78, 5) is 27.6. The molecule has 0 bridgehead atoms. The van der Waals surface area contributed by atoms with E-state index < -0.39 is 5.41 Å². The fourth-order valence-corrected chi connectivity index (χ4v) is 2.96. The monoisotopic (exact) mass is 340 g/mol. The molecule has 1 aromatic carbocycles. The maximum absolute atomic E-state index is 13.1. The van der Waals surface area contributed by atoms with Gasteiger partial charge in [0.25, 0.3) is 0 Å². The van der Waals surface area contributed by atoms with Crippen LogP contribution in [0.3, 0.4) is 0 Å². The Bertz CT molecular complexity index is 719. The summed E-state index contributed by atoms with van der Waals surface area (Å²) in [7, 11) is 0. The van der Waals surface area contributed by atoms with Crippen molar-refractivity contribution in [2.75, 3.05) is 0 Å². The van der Waals surface area contributed by atoms with E-state index in [0.717, 1.165) is 5.56 Å². The Morgan fingerprint density at radius 1 is 1.16 bits per heavy atom. The molecular formula is C20H24N2O3. The van der Waals surface area contributed by atoms with E-state index in [0.29, 0.717) is 31.7 Å². The zero-order chi connectivity index (χ0) is 17.9. The highest BCUT2D eigenvalue weighted by Gasteiger charge is 2.58. The predicted molar refractivity (Wildman–Crippen MR) is 94.3 cm³/mol. The van der Waals surface area contributed by atoms with Crippen molar-refractivity contribution in [1.29, 1.82) is 0 Å². The molecule has 2 amide bonds. The maximum atomic E-state index is 13.1. The van der Waals surface area contributed by atoms with Gasteiger partial charge in [-0.1, -0.05) is 30.3 Å². The lowest BCUT2D eigenvalue weighted by Crippen LogP contribution is -2.47. The van der Waals surface area contributed by atoms with Crippen LogP contribution in [-0.4, -0.2) is 22.8 Å². The zero-order valence-electron chi connectivity index (χ0n) is 14.7. The first kappa shape index (κ1) is 17.3. The fraction of sp³-hybridized carbons (Fsp3) is 0.400. The van der Waals surface area contributed by atoms with Gasteiger partial charge >= 0.3 is 0 Å². The molecule has 1 saturated carbocycles. The lowest BCUT2D eigenvalue weighted by Gasteiger charge is -2.30. The molecular weight excluding hydrogens is 316 g/mol. The summed E-state index contributed by atoms with van der Waals surface area (Å²) in [6.45, 7) is 4.79. The van der Waals surface area contributed by atoms with Crippen molar-refractivity contribution in [1.82, 2.24) is 10.2 Å². The van der Waals surface area contributed by atoms with E-state index in [4.69, 9.17) is 4.42 Å². The molecule has 0 atom stereocenters. The Hall–Kier alpha value is -2.56. The highest BCUT2D eigenvalue weighted by atomic mass is 16.3. The van der Waals surface area contributed by atoms with Gasteiger partial charge < -0.3 is 14.6 Å². The number of nitrogens with zero attached hydrogens (tertiary/aromatic N) is 1. The van der Waals surface area contributed by atoms with E-state index in [-0.39, 0.29) is 17.9 Å². The van der Waals surface area contributed by atoms with E-state index in [9.17, 15) is 9.59 Å². The van der Waals surface area contributed by atoms with E-state index in [1.54, 1.807) is 23.3 Å². The Labute approximate surface area is 148 Å². The van der Waals surface area contributed by atoms with Crippen molar-refractivity contribution in [2.45, 2.75) is 45.8 Å². The van der Waals surface area contributed by atoms with Crippen molar-refractivity contribution < 1.29 is 14.0 Å². The third-order valence-corrected chi connectivity index (χ3v) is 4.68. The van der Waals surface area contributed by atoms with Crippen LogP contribution in [0.5, 0.6) is 0 Å². The number of carbonyl (C=O) groups is 2. The summed E-state index contributed by atoms with van der Waals surface area (Å²) in [5.74, 6) is 0.400. The highest BCUT2D eigenvalue weighted by molar-refractivity contribution is 6.07. The molecule has 1 fully saturated rings. The number of carbonyl (C=O) groups excluding carboxylic acids is 2. The van der Waals surface area contributed by atoms with Gasteiger partial charge in [0, 0.05) is 12.6 Å². The molecule has 1 aliphatic rings. The second kappa shape index (κ2) is 7.13. The molecule has 3 rings (SSSR count).